The van der Waals surface area contributed by atoms with Crippen LogP contribution in [0.4, 0.5) is 0 Å². The zero-order valence-electron chi connectivity index (χ0n) is 9.49. The third kappa shape index (κ3) is 4.18. The van der Waals surface area contributed by atoms with Gasteiger partial charge in [0.25, 0.3) is 5.56 Å². The Morgan fingerprint density at radius 3 is 2.62 bits per heavy atom. The highest BCUT2D eigenvalue weighted by Crippen LogP contribution is 2.08. The number of pyridine rings is 1. The van der Waals surface area contributed by atoms with Crippen LogP contribution >= 0.6 is 15.9 Å². The van der Waals surface area contributed by atoms with E-state index in [1.54, 1.807) is 33.0 Å². The highest BCUT2D eigenvalue weighted by molar-refractivity contribution is 9.10. The molecule has 1 rings (SSSR count). The van der Waals surface area contributed by atoms with Gasteiger partial charge in [-0.15, -0.1) is 0 Å². The SMILES string of the molecule is CC(C)(C)OC(=O)Cn1cc(Br)ccc1=O. The van der Waals surface area contributed by atoms with Crippen LogP contribution in [0.5, 0.6) is 0 Å². The van der Waals surface area contributed by atoms with Crippen LogP contribution in [0.25, 0.3) is 0 Å². The zero-order valence-corrected chi connectivity index (χ0v) is 11.1. The molecule has 0 atom stereocenters. The van der Waals surface area contributed by atoms with Gasteiger partial charge in [0, 0.05) is 16.7 Å². The third-order valence-electron chi connectivity index (χ3n) is 1.67. The Labute approximate surface area is 102 Å². The first-order valence-corrected chi connectivity index (χ1v) is 5.65. The van der Waals surface area contributed by atoms with Gasteiger partial charge >= 0.3 is 5.97 Å². The van der Waals surface area contributed by atoms with Crippen molar-refractivity contribution in [2.24, 2.45) is 0 Å². The van der Waals surface area contributed by atoms with Crippen LogP contribution in [0.15, 0.2) is 27.6 Å². The second-order valence-electron chi connectivity index (χ2n) is 4.40. The van der Waals surface area contributed by atoms with Gasteiger partial charge < -0.3 is 9.30 Å². The molecule has 0 aliphatic carbocycles. The molecule has 0 N–H and O–H groups in total. The monoisotopic (exact) mass is 287 g/mol. The minimum atomic E-state index is -0.535. The Kier molecular flexibility index (Phi) is 3.91. The van der Waals surface area contributed by atoms with Gasteiger partial charge in [-0.05, 0) is 42.8 Å². The molecule has 88 valence electrons. The predicted molar refractivity (Wildman–Crippen MR) is 64.2 cm³/mol. The molecule has 0 radical (unpaired) electrons. The van der Waals surface area contributed by atoms with Gasteiger partial charge in [0.05, 0.1) is 0 Å². The van der Waals surface area contributed by atoms with E-state index in [2.05, 4.69) is 15.9 Å². The fourth-order valence-electron chi connectivity index (χ4n) is 1.14. The zero-order chi connectivity index (χ0) is 12.3. The number of rotatable bonds is 2. The fourth-order valence-corrected chi connectivity index (χ4v) is 1.52. The lowest BCUT2D eigenvalue weighted by atomic mass is 10.2. The molecule has 1 aromatic rings. The van der Waals surface area contributed by atoms with Crippen molar-refractivity contribution in [3.63, 3.8) is 0 Å². The molecule has 4 nitrogen and oxygen atoms in total. The van der Waals surface area contributed by atoms with Crippen molar-refractivity contribution >= 4 is 21.9 Å². The molecule has 0 aliphatic heterocycles. The molecule has 0 aliphatic rings. The van der Waals surface area contributed by atoms with E-state index in [-0.39, 0.29) is 12.1 Å². The van der Waals surface area contributed by atoms with E-state index >= 15 is 0 Å². The van der Waals surface area contributed by atoms with Crippen molar-refractivity contribution in [1.29, 1.82) is 0 Å². The lowest BCUT2D eigenvalue weighted by Crippen LogP contribution is -2.30. The van der Waals surface area contributed by atoms with E-state index in [1.807, 2.05) is 0 Å². The van der Waals surface area contributed by atoms with Crippen LogP contribution in [-0.2, 0) is 16.1 Å². The molecule has 1 heterocycles. The van der Waals surface area contributed by atoms with Crippen molar-refractivity contribution < 1.29 is 9.53 Å². The molecule has 0 fully saturated rings. The number of halogens is 1. The second kappa shape index (κ2) is 4.82. The third-order valence-corrected chi connectivity index (χ3v) is 2.14. The molecule has 1 aromatic heterocycles. The van der Waals surface area contributed by atoms with Crippen LogP contribution < -0.4 is 5.56 Å². The summed E-state index contributed by atoms with van der Waals surface area (Å²) >= 11 is 3.24. The smallest absolute Gasteiger partial charge is 0.326 e. The first kappa shape index (κ1) is 13.0. The first-order chi connectivity index (χ1) is 7.28. The maximum atomic E-state index is 11.5. The Bertz CT molecular complexity index is 445. The topological polar surface area (TPSA) is 48.3 Å². The molecule has 0 aromatic carbocycles. The Hall–Kier alpha value is -1.10. The van der Waals surface area contributed by atoms with Crippen LogP contribution in [-0.4, -0.2) is 16.1 Å². The summed E-state index contributed by atoms with van der Waals surface area (Å²) in [5.74, 6) is -0.423. The number of ether oxygens (including phenoxy) is 1. The van der Waals surface area contributed by atoms with E-state index < -0.39 is 11.6 Å². The van der Waals surface area contributed by atoms with Crippen molar-refractivity contribution in [2.75, 3.05) is 0 Å². The molecule has 16 heavy (non-hydrogen) atoms. The van der Waals surface area contributed by atoms with E-state index in [0.717, 1.165) is 4.47 Å². The van der Waals surface area contributed by atoms with Gasteiger partial charge in [-0.2, -0.15) is 0 Å². The van der Waals surface area contributed by atoms with Gasteiger partial charge in [-0.1, -0.05) is 0 Å². The van der Waals surface area contributed by atoms with Gasteiger partial charge in [0.1, 0.15) is 12.1 Å². The van der Waals surface area contributed by atoms with E-state index in [0.29, 0.717) is 0 Å². The summed E-state index contributed by atoms with van der Waals surface area (Å²) in [6, 6.07) is 3.03. The van der Waals surface area contributed by atoms with Crippen LogP contribution in [0.1, 0.15) is 20.8 Å². The maximum absolute atomic E-state index is 11.5. The van der Waals surface area contributed by atoms with Crippen LogP contribution in [0, 0.1) is 0 Å². The molecule has 0 saturated carbocycles. The lowest BCUT2D eigenvalue weighted by molar-refractivity contribution is -0.155. The highest BCUT2D eigenvalue weighted by atomic mass is 79.9. The minimum absolute atomic E-state index is 0.0739. The Morgan fingerprint density at radius 2 is 2.06 bits per heavy atom. The summed E-state index contributed by atoms with van der Waals surface area (Å²) in [5.41, 5.74) is -0.763. The molecule has 0 spiro atoms. The Balaban J connectivity index is 2.77. The summed E-state index contributed by atoms with van der Waals surface area (Å²) < 4.78 is 7.17. The standard InChI is InChI=1S/C11H14BrNO3/c1-11(2,3)16-10(15)7-13-6-8(12)4-5-9(13)14/h4-6H,7H2,1-3H3. The number of nitrogens with zero attached hydrogens (tertiary/aromatic N) is 1. The van der Waals surface area contributed by atoms with E-state index in [4.69, 9.17) is 4.74 Å². The van der Waals surface area contributed by atoms with Crippen LogP contribution in [0.2, 0.25) is 0 Å². The molecule has 0 unspecified atom stereocenters. The number of aromatic nitrogens is 1. The normalized spacial score (nSPS) is 11.2. The van der Waals surface area contributed by atoms with Gasteiger partial charge in [-0.25, -0.2) is 0 Å². The molecule has 5 heteroatoms. The highest BCUT2D eigenvalue weighted by Gasteiger charge is 2.16. The van der Waals surface area contributed by atoms with Crippen molar-refractivity contribution in [3.05, 3.63) is 33.2 Å². The first-order valence-electron chi connectivity index (χ1n) is 4.86. The second-order valence-corrected chi connectivity index (χ2v) is 5.32. The average molecular weight is 288 g/mol. The minimum Gasteiger partial charge on any atom is -0.459 e. The summed E-state index contributed by atoms with van der Waals surface area (Å²) in [5, 5.41) is 0. The van der Waals surface area contributed by atoms with Gasteiger partial charge in [0.15, 0.2) is 0 Å². The molecular formula is C11H14BrNO3. The van der Waals surface area contributed by atoms with Crippen molar-refractivity contribution in [2.45, 2.75) is 32.9 Å². The fraction of sp³-hybridized carbons (Fsp3) is 0.455. The predicted octanol–water partition coefficient (Wildman–Crippen LogP) is 1.95. The lowest BCUT2D eigenvalue weighted by Gasteiger charge is -2.19. The number of esters is 1. The van der Waals surface area contributed by atoms with Crippen molar-refractivity contribution in [3.8, 4) is 0 Å². The summed E-state index contributed by atoms with van der Waals surface area (Å²) in [6.45, 7) is 5.29. The van der Waals surface area contributed by atoms with E-state index in [1.165, 1.54) is 10.6 Å². The number of hydrogen-bond acceptors (Lipinski definition) is 3. The van der Waals surface area contributed by atoms with E-state index in [9.17, 15) is 9.59 Å². The van der Waals surface area contributed by atoms with Crippen LogP contribution in [0.3, 0.4) is 0 Å². The number of carbonyl (C=O) groups excluding carboxylic acids is 1. The summed E-state index contributed by atoms with van der Waals surface area (Å²) in [6.07, 6.45) is 1.56. The maximum Gasteiger partial charge on any atom is 0.326 e. The van der Waals surface area contributed by atoms with Gasteiger partial charge in [0.2, 0.25) is 0 Å². The Morgan fingerprint density at radius 1 is 1.44 bits per heavy atom. The van der Waals surface area contributed by atoms with Crippen molar-refractivity contribution in [1.82, 2.24) is 4.57 Å². The summed E-state index contributed by atoms with van der Waals surface area (Å²) in [4.78, 5) is 22.9. The average Bonchev–Trinajstić information content (AvgIpc) is 2.08. The molecule has 0 saturated heterocycles. The molecule has 0 amide bonds. The molecular weight excluding hydrogens is 274 g/mol. The number of carbonyl (C=O) groups is 1. The quantitative estimate of drug-likeness (QED) is 0.781. The largest absolute Gasteiger partial charge is 0.459 e. The summed E-state index contributed by atoms with van der Waals surface area (Å²) in [7, 11) is 0. The van der Waals surface area contributed by atoms with Gasteiger partial charge in [-0.3, -0.25) is 9.59 Å². The number of hydrogen-bond donors (Lipinski definition) is 0. The molecule has 0 bridgehead atoms.